The number of hydrogen-bond acceptors (Lipinski definition) is 3. The zero-order valence-electron chi connectivity index (χ0n) is 19.2. The molecule has 176 valence electrons. The number of anilines is 1. The quantitative estimate of drug-likeness (QED) is 0.652. The smallest absolute Gasteiger partial charge is 0.319 e. The number of likely N-dealkylation sites (tertiary alicyclic amines) is 1. The number of nitrogens with zero attached hydrogens (tertiary/aromatic N) is 2. The second-order valence-corrected chi connectivity index (χ2v) is 9.12. The van der Waals surface area contributed by atoms with Crippen molar-refractivity contribution in [2.75, 3.05) is 31.5 Å². The second kappa shape index (κ2) is 11.5. The fourth-order valence-corrected chi connectivity index (χ4v) is 4.76. The number of urea groups is 1. The normalized spacial score (nSPS) is 17.7. The van der Waals surface area contributed by atoms with Gasteiger partial charge in [0.05, 0.1) is 10.6 Å². The fraction of sp³-hybridized carbons (Fsp3) is 0.625. The van der Waals surface area contributed by atoms with Crippen LogP contribution in [0, 0.1) is 5.92 Å². The average molecular weight is 463 g/mol. The van der Waals surface area contributed by atoms with Crippen LogP contribution in [0.2, 0.25) is 5.02 Å². The average Bonchev–Trinajstić information content (AvgIpc) is 2.81. The summed E-state index contributed by atoms with van der Waals surface area (Å²) in [5.41, 5.74) is 0.949. The van der Waals surface area contributed by atoms with Crippen LogP contribution in [-0.4, -0.2) is 59.9 Å². The minimum atomic E-state index is -0.193. The highest BCUT2D eigenvalue weighted by Crippen LogP contribution is 2.25. The highest BCUT2D eigenvalue weighted by atomic mass is 35.5. The van der Waals surface area contributed by atoms with Gasteiger partial charge in [0.25, 0.3) is 5.91 Å². The molecule has 4 amide bonds. The van der Waals surface area contributed by atoms with Crippen molar-refractivity contribution in [3.63, 3.8) is 0 Å². The molecule has 7 nitrogen and oxygen atoms in total. The van der Waals surface area contributed by atoms with Crippen LogP contribution in [0.5, 0.6) is 0 Å². The molecule has 1 aliphatic carbocycles. The van der Waals surface area contributed by atoms with E-state index in [1.54, 1.807) is 23.1 Å². The molecular formula is C24H35ClN4O3. The molecule has 32 heavy (non-hydrogen) atoms. The molecule has 0 bridgehead atoms. The Morgan fingerprint density at radius 1 is 1.03 bits per heavy atom. The Hall–Kier alpha value is -2.28. The van der Waals surface area contributed by atoms with Crippen molar-refractivity contribution in [1.82, 2.24) is 15.1 Å². The number of benzene rings is 1. The number of amides is 4. The third-order valence-electron chi connectivity index (χ3n) is 6.59. The maximum absolute atomic E-state index is 12.8. The SMILES string of the molecule is CCN(CC)C(=O)N1CCC(C(=O)Nc2ccc(Cl)c(C(=O)NC3CCCCC3)c2)CC1. The Balaban J connectivity index is 1.55. The summed E-state index contributed by atoms with van der Waals surface area (Å²) < 4.78 is 0. The largest absolute Gasteiger partial charge is 0.349 e. The zero-order chi connectivity index (χ0) is 23.1. The van der Waals surface area contributed by atoms with Crippen molar-refractivity contribution in [2.45, 2.75) is 64.8 Å². The lowest BCUT2D eigenvalue weighted by atomic mass is 9.95. The van der Waals surface area contributed by atoms with Gasteiger partial charge in [-0.25, -0.2) is 4.79 Å². The van der Waals surface area contributed by atoms with Gasteiger partial charge in [0.15, 0.2) is 0 Å². The summed E-state index contributed by atoms with van der Waals surface area (Å²) in [5.74, 6) is -0.437. The molecule has 2 fully saturated rings. The van der Waals surface area contributed by atoms with E-state index in [0.717, 1.165) is 25.7 Å². The summed E-state index contributed by atoms with van der Waals surface area (Å²) in [7, 11) is 0. The molecule has 2 N–H and O–H groups in total. The van der Waals surface area contributed by atoms with Crippen molar-refractivity contribution in [1.29, 1.82) is 0 Å². The molecule has 1 aromatic rings. The predicted molar refractivity (Wildman–Crippen MR) is 127 cm³/mol. The Labute approximate surface area is 195 Å². The van der Waals surface area contributed by atoms with Crippen molar-refractivity contribution >= 4 is 35.1 Å². The Morgan fingerprint density at radius 2 is 1.69 bits per heavy atom. The van der Waals surface area contributed by atoms with Gasteiger partial charge in [0.1, 0.15) is 0 Å². The lowest BCUT2D eigenvalue weighted by molar-refractivity contribution is -0.121. The molecular weight excluding hydrogens is 428 g/mol. The van der Waals surface area contributed by atoms with E-state index < -0.39 is 0 Å². The van der Waals surface area contributed by atoms with Gasteiger partial charge in [-0.15, -0.1) is 0 Å². The van der Waals surface area contributed by atoms with Gasteiger partial charge in [0.2, 0.25) is 5.91 Å². The first-order valence-corrected chi connectivity index (χ1v) is 12.3. The minimum Gasteiger partial charge on any atom is -0.349 e. The number of nitrogens with one attached hydrogen (secondary N) is 2. The number of halogens is 1. The number of hydrogen-bond donors (Lipinski definition) is 2. The number of piperidine rings is 1. The third kappa shape index (κ3) is 6.15. The molecule has 1 heterocycles. The van der Waals surface area contributed by atoms with E-state index in [2.05, 4.69) is 10.6 Å². The predicted octanol–water partition coefficient (Wildman–Crippen LogP) is 4.51. The molecule has 1 saturated heterocycles. The number of rotatable bonds is 6. The van der Waals surface area contributed by atoms with Gasteiger partial charge in [-0.1, -0.05) is 30.9 Å². The van der Waals surface area contributed by atoms with Gasteiger partial charge >= 0.3 is 6.03 Å². The Morgan fingerprint density at radius 3 is 2.31 bits per heavy atom. The van der Waals surface area contributed by atoms with Crippen LogP contribution < -0.4 is 10.6 Å². The summed E-state index contributed by atoms with van der Waals surface area (Å²) in [5, 5.41) is 6.39. The van der Waals surface area contributed by atoms with Crippen LogP contribution in [0.1, 0.15) is 69.2 Å². The van der Waals surface area contributed by atoms with Gasteiger partial charge < -0.3 is 20.4 Å². The third-order valence-corrected chi connectivity index (χ3v) is 6.92. The topological polar surface area (TPSA) is 81.8 Å². The van der Waals surface area contributed by atoms with Crippen molar-refractivity contribution in [2.24, 2.45) is 5.92 Å². The molecule has 0 radical (unpaired) electrons. The molecule has 1 aromatic carbocycles. The van der Waals surface area contributed by atoms with Crippen LogP contribution in [0.25, 0.3) is 0 Å². The van der Waals surface area contributed by atoms with E-state index in [1.807, 2.05) is 18.7 Å². The van der Waals surface area contributed by atoms with Gasteiger partial charge in [-0.3, -0.25) is 9.59 Å². The summed E-state index contributed by atoms with van der Waals surface area (Å²) in [4.78, 5) is 41.7. The first kappa shape index (κ1) is 24.4. The van der Waals surface area contributed by atoms with Crippen LogP contribution in [0.3, 0.4) is 0 Å². The lowest BCUT2D eigenvalue weighted by Gasteiger charge is -2.34. The molecule has 8 heteroatoms. The lowest BCUT2D eigenvalue weighted by Crippen LogP contribution is -2.47. The van der Waals surface area contributed by atoms with E-state index in [9.17, 15) is 14.4 Å². The Kier molecular flexibility index (Phi) is 8.79. The van der Waals surface area contributed by atoms with Crippen molar-refractivity contribution < 1.29 is 14.4 Å². The first-order chi connectivity index (χ1) is 15.4. The zero-order valence-corrected chi connectivity index (χ0v) is 19.9. The first-order valence-electron chi connectivity index (χ1n) is 11.9. The molecule has 0 aromatic heterocycles. The number of carbonyl (C=O) groups is 3. The van der Waals surface area contributed by atoms with Crippen LogP contribution in [-0.2, 0) is 4.79 Å². The fourth-order valence-electron chi connectivity index (χ4n) is 4.56. The Bertz CT molecular complexity index is 813. The maximum atomic E-state index is 12.8. The molecule has 2 aliphatic rings. The summed E-state index contributed by atoms with van der Waals surface area (Å²) in [6.07, 6.45) is 6.73. The van der Waals surface area contributed by atoms with Gasteiger partial charge in [-0.05, 0) is 57.7 Å². The molecule has 1 aliphatic heterocycles. The van der Waals surface area contributed by atoms with Crippen LogP contribution in [0.4, 0.5) is 10.5 Å². The molecule has 0 spiro atoms. The van der Waals surface area contributed by atoms with Crippen molar-refractivity contribution in [3.8, 4) is 0 Å². The molecule has 3 rings (SSSR count). The van der Waals surface area contributed by atoms with E-state index in [-0.39, 0.29) is 29.8 Å². The summed E-state index contributed by atoms with van der Waals surface area (Å²) >= 11 is 6.27. The second-order valence-electron chi connectivity index (χ2n) is 8.71. The minimum absolute atomic E-state index is 0.0418. The standard InChI is InChI=1S/C24H35ClN4O3/c1-3-28(4-2)24(32)29-14-12-17(13-15-29)22(30)27-19-10-11-21(25)20(16-19)23(31)26-18-8-6-5-7-9-18/h10-11,16-18H,3-9,12-15H2,1-2H3,(H,26,31)(H,27,30). The summed E-state index contributed by atoms with van der Waals surface area (Å²) in [6, 6.07) is 5.25. The van der Waals surface area contributed by atoms with E-state index in [4.69, 9.17) is 11.6 Å². The molecule has 1 saturated carbocycles. The van der Waals surface area contributed by atoms with E-state index in [1.165, 1.54) is 6.42 Å². The van der Waals surface area contributed by atoms with E-state index in [0.29, 0.717) is 55.3 Å². The highest BCUT2D eigenvalue weighted by Gasteiger charge is 2.29. The summed E-state index contributed by atoms with van der Waals surface area (Å²) in [6.45, 7) is 6.45. The maximum Gasteiger partial charge on any atom is 0.319 e. The monoisotopic (exact) mass is 462 g/mol. The van der Waals surface area contributed by atoms with E-state index >= 15 is 0 Å². The van der Waals surface area contributed by atoms with Crippen LogP contribution in [0.15, 0.2) is 18.2 Å². The highest BCUT2D eigenvalue weighted by molar-refractivity contribution is 6.34. The van der Waals surface area contributed by atoms with Crippen molar-refractivity contribution in [3.05, 3.63) is 28.8 Å². The van der Waals surface area contributed by atoms with Crippen LogP contribution >= 0.6 is 11.6 Å². The van der Waals surface area contributed by atoms with Gasteiger partial charge in [-0.2, -0.15) is 0 Å². The number of carbonyl (C=O) groups excluding carboxylic acids is 3. The van der Waals surface area contributed by atoms with Gasteiger partial charge in [0, 0.05) is 43.8 Å². The molecule has 0 unspecified atom stereocenters. The molecule has 0 atom stereocenters.